The maximum atomic E-state index is 13.1. The SMILES string of the molecule is CCc1cc2c(s1)-n1c(C)nnc1C(CC(=O)Nc1cccc(OC)c1)N=C2c1ccc(Cl)cc1. The largest absolute Gasteiger partial charge is 0.497 e. The molecule has 35 heavy (non-hydrogen) atoms. The van der Waals surface area contributed by atoms with Crippen molar-refractivity contribution in [3.63, 3.8) is 0 Å². The van der Waals surface area contributed by atoms with Gasteiger partial charge in [-0.1, -0.05) is 36.7 Å². The van der Waals surface area contributed by atoms with E-state index in [1.165, 1.54) is 4.88 Å². The van der Waals surface area contributed by atoms with Gasteiger partial charge in [0.1, 0.15) is 22.6 Å². The van der Waals surface area contributed by atoms with Crippen molar-refractivity contribution in [2.45, 2.75) is 32.7 Å². The van der Waals surface area contributed by atoms with Crippen molar-refractivity contribution in [2.75, 3.05) is 12.4 Å². The number of amides is 1. The van der Waals surface area contributed by atoms with E-state index in [2.05, 4.69) is 28.5 Å². The summed E-state index contributed by atoms with van der Waals surface area (Å²) in [5, 5.41) is 13.4. The van der Waals surface area contributed by atoms with Crippen LogP contribution in [0.1, 0.15) is 47.0 Å². The van der Waals surface area contributed by atoms with Crippen LogP contribution < -0.4 is 10.1 Å². The first kappa shape index (κ1) is 23.3. The number of hydrogen-bond donors (Lipinski definition) is 1. The van der Waals surface area contributed by atoms with Crippen molar-refractivity contribution in [2.24, 2.45) is 4.99 Å². The smallest absolute Gasteiger partial charge is 0.227 e. The van der Waals surface area contributed by atoms with E-state index in [0.717, 1.165) is 34.1 Å². The molecule has 3 heterocycles. The number of hydrogen-bond acceptors (Lipinski definition) is 6. The topological polar surface area (TPSA) is 81.4 Å². The molecule has 1 amide bonds. The highest BCUT2D eigenvalue weighted by Crippen LogP contribution is 2.37. The third kappa shape index (κ3) is 4.59. The van der Waals surface area contributed by atoms with Crippen molar-refractivity contribution < 1.29 is 9.53 Å². The van der Waals surface area contributed by atoms with Crippen molar-refractivity contribution in [3.05, 3.63) is 87.3 Å². The van der Waals surface area contributed by atoms with Crippen LogP contribution in [0.4, 0.5) is 5.69 Å². The molecule has 7 nitrogen and oxygen atoms in total. The van der Waals surface area contributed by atoms with Crippen molar-refractivity contribution in [1.82, 2.24) is 14.8 Å². The lowest BCUT2D eigenvalue weighted by molar-refractivity contribution is -0.116. The molecule has 0 spiro atoms. The van der Waals surface area contributed by atoms with Gasteiger partial charge in [-0.15, -0.1) is 21.5 Å². The van der Waals surface area contributed by atoms with Crippen LogP contribution in [0.15, 0.2) is 59.6 Å². The Balaban J connectivity index is 1.57. The summed E-state index contributed by atoms with van der Waals surface area (Å²) < 4.78 is 7.30. The Labute approximate surface area is 212 Å². The Morgan fingerprint density at radius 2 is 1.97 bits per heavy atom. The van der Waals surface area contributed by atoms with Crippen LogP contribution in [0.3, 0.4) is 0 Å². The van der Waals surface area contributed by atoms with E-state index in [9.17, 15) is 4.79 Å². The van der Waals surface area contributed by atoms with Gasteiger partial charge in [-0.2, -0.15) is 0 Å². The van der Waals surface area contributed by atoms with Crippen LogP contribution in [0.25, 0.3) is 5.00 Å². The number of thiophene rings is 1. The molecule has 1 atom stereocenters. The molecule has 9 heteroatoms. The molecule has 0 aliphatic carbocycles. The zero-order chi connectivity index (χ0) is 24.5. The number of fused-ring (bicyclic) bond motifs is 3. The zero-order valence-electron chi connectivity index (χ0n) is 19.6. The highest BCUT2D eigenvalue weighted by Gasteiger charge is 2.31. The lowest BCUT2D eigenvalue weighted by Crippen LogP contribution is -2.17. The van der Waals surface area contributed by atoms with Crippen molar-refractivity contribution in [3.8, 4) is 10.8 Å². The van der Waals surface area contributed by atoms with Gasteiger partial charge in [-0.05, 0) is 43.7 Å². The average Bonchev–Trinajstić information content (AvgIpc) is 3.42. The molecule has 0 fully saturated rings. The third-order valence-electron chi connectivity index (χ3n) is 5.85. The van der Waals surface area contributed by atoms with Gasteiger partial charge in [-0.25, -0.2) is 0 Å². The summed E-state index contributed by atoms with van der Waals surface area (Å²) in [7, 11) is 1.59. The maximum absolute atomic E-state index is 13.1. The molecule has 1 aliphatic heterocycles. The monoisotopic (exact) mass is 505 g/mol. The maximum Gasteiger partial charge on any atom is 0.227 e. The Morgan fingerprint density at radius 3 is 2.71 bits per heavy atom. The van der Waals surface area contributed by atoms with Gasteiger partial charge in [0, 0.05) is 32.8 Å². The standard InChI is InChI=1S/C26H24ClN5O2S/c1-4-20-13-21-24(16-8-10-17(27)11-9-16)29-22(25-31-30-15(2)32(25)26(21)35-20)14-23(33)28-18-6-5-7-19(12-18)34-3/h5-13,22H,4,14H2,1-3H3,(H,28,33). The summed E-state index contributed by atoms with van der Waals surface area (Å²) in [5.41, 5.74) is 3.42. The molecule has 0 saturated heterocycles. The van der Waals surface area contributed by atoms with E-state index in [1.54, 1.807) is 24.5 Å². The van der Waals surface area contributed by atoms with Gasteiger partial charge in [0.15, 0.2) is 5.82 Å². The number of methoxy groups -OCH3 is 1. The minimum Gasteiger partial charge on any atom is -0.497 e. The number of aliphatic imine (C=N–C) groups is 1. The van der Waals surface area contributed by atoms with Gasteiger partial charge in [0.05, 0.1) is 19.2 Å². The molecular weight excluding hydrogens is 482 g/mol. The lowest BCUT2D eigenvalue weighted by Gasteiger charge is -2.13. The number of aryl methyl sites for hydroxylation is 2. The van der Waals surface area contributed by atoms with E-state index >= 15 is 0 Å². The van der Waals surface area contributed by atoms with Crippen LogP contribution >= 0.6 is 22.9 Å². The molecule has 2 aromatic carbocycles. The van der Waals surface area contributed by atoms with E-state index < -0.39 is 6.04 Å². The molecule has 1 N–H and O–H groups in total. The summed E-state index contributed by atoms with van der Waals surface area (Å²) in [6.45, 7) is 4.06. The Hall–Kier alpha value is -3.49. The second kappa shape index (κ2) is 9.64. The predicted molar refractivity (Wildman–Crippen MR) is 139 cm³/mol. The number of ether oxygens (including phenoxy) is 1. The quantitative estimate of drug-likeness (QED) is 0.360. The molecule has 1 aliphatic rings. The Morgan fingerprint density at radius 1 is 1.17 bits per heavy atom. The molecule has 0 radical (unpaired) electrons. The first-order valence-corrected chi connectivity index (χ1v) is 12.5. The number of benzene rings is 2. The molecule has 1 unspecified atom stereocenters. The van der Waals surface area contributed by atoms with Gasteiger partial charge in [-0.3, -0.25) is 14.4 Å². The lowest BCUT2D eigenvalue weighted by atomic mass is 10.0. The average molecular weight is 506 g/mol. The molecule has 178 valence electrons. The molecule has 4 aromatic rings. The highest BCUT2D eigenvalue weighted by molar-refractivity contribution is 7.15. The minimum atomic E-state index is -0.517. The van der Waals surface area contributed by atoms with E-state index in [0.29, 0.717) is 22.3 Å². The molecular formula is C26H24ClN5O2S. The number of anilines is 1. The van der Waals surface area contributed by atoms with Crippen LogP contribution in [-0.4, -0.2) is 33.5 Å². The number of aromatic nitrogens is 3. The number of nitrogens with zero attached hydrogens (tertiary/aromatic N) is 4. The summed E-state index contributed by atoms with van der Waals surface area (Å²) >= 11 is 7.86. The molecule has 2 aromatic heterocycles. The number of rotatable bonds is 6. The fraction of sp³-hybridized carbons (Fsp3) is 0.231. The molecule has 0 bridgehead atoms. The van der Waals surface area contributed by atoms with Gasteiger partial charge in [0.25, 0.3) is 0 Å². The summed E-state index contributed by atoms with van der Waals surface area (Å²) in [6.07, 6.45) is 1.02. The highest BCUT2D eigenvalue weighted by atomic mass is 35.5. The van der Waals surface area contributed by atoms with Crippen LogP contribution in [-0.2, 0) is 11.2 Å². The molecule has 5 rings (SSSR count). The van der Waals surface area contributed by atoms with Gasteiger partial charge < -0.3 is 10.1 Å². The molecule has 0 saturated carbocycles. The number of halogens is 1. The van der Waals surface area contributed by atoms with E-state index in [-0.39, 0.29) is 12.3 Å². The fourth-order valence-electron chi connectivity index (χ4n) is 4.13. The normalized spacial score (nSPS) is 14.5. The van der Waals surface area contributed by atoms with Crippen molar-refractivity contribution >= 4 is 40.2 Å². The Bertz CT molecular complexity index is 1420. The summed E-state index contributed by atoms with van der Waals surface area (Å²) in [4.78, 5) is 19.5. The van der Waals surface area contributed by atoms with Crippen LogP contribution in [0.2, 0.25) is 5.02 Å². The zero-order valence-corrected chi connectivity index (χ0v) is 21.2. The van der Waals surface area contributed by atoms with Crippen molar-refractivity contribution in [1.29, 1.82) is 0 Å². The number of nitrogens with one attached hydrogen (secondary N) is 1. The fourth-order valence-corrected chi connectivity index (χ4v) is 5.41. The second-order valence-electron chi connectivity index (χ2n) is 8.21. The van der Waals surface area contributed by atoms with E-state index in [1.807, 2.05) is 54.0 Å². The van der Waals surface area contributed by atoms with Gasteiger partial charge in [0.2, 0.25) is 5.91 Å². The van der Waals surface area contributed by atoms with E-state index in [4.69, 9.17) is 21.3 Å². The minimum absolute atomic E-state index is 0.113. The Kier molecular flexibility index (Phi) is 6.40. The number of carbonyl (C=O) groups is 1. The van der Waals surface area contributed by atoms with Crippen LogP contribution in [0.5, 0.6) is 5.75 Å². The summed E-state index contributed by atoms with van der Waals surface area (Å²) in [6, 6.07) is 16.6. The number of carbonyl (C=O) groups excluding carboxylic acids is 1. The van der Waals surface area contributed by atoms with Gasteiger partial charge >= 0.3 is 0 Å². The second-order valence-corrected chi connectivity index (χ2v) is 9.76. The first-order valence-electron chi connectivity index (χ1n) is 11.3. The third-order valence-corrected chi connectivity index (χ3v) is 7.37. The summed E-state index contributed by atoms with van der Waals surface area (Å²) in [5.74, 6) is 1.91. The van der Waals surface area contributed by atoms with Crippen LogP contribution in [0, 0.1) is 6.92 Å². The first-order chi connectivity index (χ1) is 17.0. The predicted octanol–water partition coefficient (Wildman–Crippen LogP) is 5.78.